The van der Waals surface area contributed by atoms with E-state index in [2.05, 4.69) is 21.2 Å². The number of benzene rings is 4. The summed E-state index contributed by atoms with van der Waals surface area (Å²) in [6.45, 7) is 6.54. The van der Waals surface area contributed by atoms with Gasteiger partial charge < -0.3 is 15.1 Å². The summed E-state index contributed by atoms with van der Waals surface area (Å²) in [6.07, 6.45) is 1.08. The summed E-state index contributed by atoms with van der Waals surface area (Å²) in [4.78, 5) is 44.5. The van der Waals surface area contributed by atoms with E-state index in [1.165, 1.54) is 0 Å². The van der Waals surface area contributed by atoms with Crippen LogP contribution in [0.4, 0.5) is 5.69 Å². The van der Waals surface area contributed by atoms with Crippen LogP contribution in [0.15, 0.2) is 95.5 Å². The Morgan fingerprint density at radius 2 is 1.57 bits per heavy atom. The zero-order valence-corrected chi connectivity index (χ0v) is 25.9. The van der Waals surface area contributed by atoms with Gasteiger partial charge in [0.1, 0.15) is 6.04 Å². The van der Waals surface area contributed by atoms with Crippen molar-refractivity contribution in [3.8, 4) is 0 Å². The van der Waals surface area contributed by atoms with Gasteiger partial charge in [0, 0.05) is 46.9 Å². The largest absolute Gasteiger partial charge is 0.350 e. The molecule has 216 valence electrons. The van der Waals surface area contributed by atoms with Crippen molar-refractivity contribution < 1.29 is 14.4 Å². The molecule has 0 saturated heterocycles. The number of hydrogen-bond donors (Lipinski definition) is 1. The first-order valence-corrected chi connectivity index (χ1v) is 15.1. The van der Waals surface area contributed by atoms with Gasteiger partial charge in [-0.25, -0.2) is 0 Å². The molecule has 1 heterocycles. The first kappa shape index (κ1) is 29.5. The predicted molar refractivity (Wildman–Crippen MR) is 171 cm³/mol. The third kappa shape index (κ3) is 6.73. The van der Waals surface area contributed by atoms with Gasteiger partial charge in [-0.1, -0.05) is 82.7 Å². The fourth-order valence-electron chi connectivity index (χ4n) is 5.53. The molecular weight excluding hydrogens is 590 g/mol. The lowest BCUT2D eigenvalue weighted by Crippen LogP contribution is -2.54. The van der Waals surface area contributed by atoms with E-state index in [0.717, 1.165) is 32.1 Å². The normalized spacial score (nSPS) is 13.3. The standard InChI is InChI=1S/C35H36BrN3O3/c1-35(2,3)37-33(41)30(22-24-10-5-4-6-11-24)39(23-25-17-19-27(36)20-18-25)31(40)16-9-21-38-29-15-8-13-26-12-7-14-28(32(26)29)34(38)42/h4-8,10-15,17-20,30H,9,16,21-23H2,1-3H3,(H,37,41). The van der Waals surface area contributed by atoms with Gasteiger partial charge in [-0.15, -0.1) is 0 Å². The minimum Gasteiger partial charge on any atom is -0.350 e. The third-order valence-corrected chi connectivity index (χ3v) is 7.99. The van der Waals surface area contributed by atoms with E-state index in [9.17, 15) is 14.4 Å². The Morgan fingerprint density at radius 1 is 0.881 bits per heavy atom. The van der Waals surface area contributed by atoms with Crippen LogP contribution in [-0.4, -0.2) is 40.7 Å². The monoisotopic (exact) mass is 625 g/mol. The third-order valence-electron chi connectivity index (χ3n) is 7.46. The Kier molecular flexibility index (Phi) is 8.78. The van der Waals surface area contributed by atoms with Gasteiger partial charge in [0.05, 0.1) is 5.69 Å². The summed E-state index contributed by atoms with van der Waals surface area (Å²) < 4.78 is 0.946. The molecular formula is C35H36BrN3O3. The van der Waals surface area contributed by atoms with Crippen LogP contribution >= 0.6 is 15.9 Å². The molecule has 1 atom stereocenters. The molecule has 42 heavy (non-hydrogen) atoms. The van der Waals surface area contributed by atoms with Crippen LogP contribution in [0.1, 0.15) is 55.1 Å². The molecule has 4 aromatic rings. The van der Waals surface area contributed by atoms with Gasteiger partial charge in [-0.05, 0) is 68.0 Å². The summed E-state index contributed by atoms with van der Waals surface area (Å²) in [7, 11) is 0. The number of rotatable bonds is 10. The molecule has 1 unspecified atom stereocenters. The Bertz CT molecular complexity index is 1590. The van der Waals surface area contributed by atoms with Gasteiger partial charge in [0.15, 0.2) is 0 Å². The van der Waals surface area contributed by atoms with Crippen LogP contribution in [-0.2, 0) is 22.6 Å². The van der Waals surface area contributed by atoms with Crippen molar-refractivity contribution >= 4 is 50.1 Å². The highest BCUT2D eigenvalue weighted by molar-refractivity contribution is 9.10. The van der Waals surface area contributed by atoms with E-state index in [-0.39, 0.29) is 24.1 Å². The van der Waals surface area contributed by atoms with Gasteiger partial charge in [0.2, 0.25) is 11.8 Å². The van der Waals surface area contributed by atoms with Crippen molar-refractivity contribution in [2.75, 3.05) is 11.4 Å². The second-order valence-electron chi connectivity index (χ2n) is 11.8. The molecule has 0 bridgehead atoms. The molecule has 5 rings (SSSR count). The summed E-state index contributed by atoms with van der Waals surface area (Å²) in [5.41, 5.74) is 3.05. The second kappa shape index (κ2) is 12.5. The number of carbonyl (C=O) groups is 3. The van der Waals surface area contributed by atoms with Crippen molar-refractivity contribution in [1.82, 2.24) is 10.2 Å². The molecule has 0 saturated carbocycles. The average molecular weight is 627 g/mol. The number of hydrogen-bond acceptors (Lipinski definition) is 3. The summed E-state index contributed by atoms with van der Waals surface area (Å²) >= 11 is 3.49. The minimum absolute atomic E-state index is 0.0347. The molecule has 4 aromatic carbocycles. The van der Waals surface area contributed by atoms with Crippen LogP contribution in [0.3, 0.4) is 0 Å². The maximum atomic E-state index is 14.0. The van der Waals surface area contributed by atoms with Crippen molar-refractivity contribution in [1.29, 1.82) is 0 Å². The molecule has 3 amide bonds. The summed E-state index contributed by atoms with van der Waals surface area (Å²) in [5.74, 6) is -0.341. The molecule has 0 spiro atoms. The Morgan fingerprint density at radius 3 is 2.26 bits per heavy atom. The number of carbonyl (C=O) groups excluding carboxylic acids is 3. The number of anilines is 1. The number of amides is 3. The molecule has 6 nitrogen and oxygen atoms in total. The average Bonchev–Trinajstić information content (AvgIpc) is 3.23. The lowest BCUT2D eigenvalue weighted by molar-refractivity contribution is -0.142. The fourth-order valence-corrected chi connectivity index (χ4v) is 5.79. The Hall–Kier alpha value is -3.97. The second-order valence-corrected chi connectivity index (χ2v) is 12.7. The zero-order chi connectivity index (χ0) is 29.9. The van der Waals surface area contributed by atoms with E-state index < -0.39 is 11.6 Å². The van der Waals surface area contributed by atoms with E-state index in [0.29, 0.717) is 31.5 Å². The van der Waals surface area contributed by atoms with Crippen LogP contribution in [0.5, 0.6) is 0 Å². The highest BCUT2D eigenvalue weighted by Crippen LogP contribution is 2.37. The Labute approximate surface area is 255 Å². The van der Waals surface area contributed by atoms with Crippen LogP contribution in [0.25, 0.3) is 10.8 Å². The molecule has 1 N–H and O–H groups in total. The Balaban J connectivity index is 1.38. The highest BCUT2D eigenvalue weighted by atomic mass is 79.9. The molecule has 1 aliphatic heterocycles. The highest BCUT2D eigenvalue weighted by Gasteiger charge is 2.33. The summed E-state index contributed by atoms with van der Waals surface area (Å²) in [6, 6.07) is 28.6. The van der Waals surface area contributed by atoms with Crippen molar-refractivity contribution in [2.45, 2.75) is 58.2 Å². The van der Waals surface area contributed by atoms with Crippen LogP contribution in [0, 0.1) is 0 Å². The molecule has 0 fully saturated rings. The quantitative estimate of drug-likeness (QED) is 0.208. The topological polar surface area (TPSA) is 69.7 Å². The number of nitrogens with one attached hydrogen (secondary N) is 1. The van der Waals surface area contributed by atoms with E-state index in [4.69, 9.17) is 0 Å². The van der Waals surface area contributed by atoms with Gasteiger partial charge in [0.25, 0.3) is 5.91 Å². The minimum atomic E-state index is -0.700. The van der Waals surface area contributed by atoms with Crippen molar-refractivity contribution in [3.63, 3.8) is 0 Å². The zero-order valence-electron chi connectivity index (χ0n) is 24.3. The molecule has 0 aromatic heterocycles. The van der Waals surface area contributed by atoms with E-state index >= 15 is 0 Å². The maximum Gasteiger partial charge on any atom is 0.258 e. The molecule has 7 heteroatoms. The molecule has 0 radical (unpaired) electrons. The summed E-state index contributed by atoms with van der Waals surface area (Å²) in [5, 5.41) is 5.11. The van der Waals surface area contributed by atoms with E-state index in [1.54, 1.807) is 9.80 Å². The van der Waals surface area contributed by atoms with Gasteiger partial charge in [-0.2, -0.15) is 0 Å². The molecule has 0 aliphatic carbocycles. The number of nitrogens with zero attached hydrogens (tertiary/aromatic N) is 2. The smallest absolute Gasteiger partial charge is 0.258 e. The lowest BCUT2D eigenvalue weighted by Gasteiger charge is -2.34. The van der Waals surface area contributed by atoms with Crippen molar-refractivity contribution in [2.24, 2.45) is 0 Å². The first-order valence-electron chi connectivity index (χ1n) is 14.3. The van der Waals surface area contributed by atoms with Crippen molar-refractivity contribution in [3.05, 3.63) is 112 Å². The SMILES string of the molecule is CC(C)(C)NC(=O)C(Cc1ccccc1)N(Cc1ccc(Br)cc1)C(=O)CCCN1C(=O)c2cccc3cccc1c23. The van der Waals surface area contributed by atoms with Crippen LogP contribution in [0.2, 0.25) is 0 Å². The number of halogens is 1. The van der Waals surface area contributed by atoms with Gasteiger partial charge >= 0.3 is 0 Å². The van der Waals surface area contributed by atoms with Crippen LogP contribution < -0.4 is 10.2 Å². The van der Waals surface area contributed by atoms with Gasteiger partial charge in [-0.3, -0.25) is 14.4 Å². The maximum absolute atomic E-state index is 14.0. The molecule has 1 aliphatic rings. The fraction of sp³-hybridized carbons (Fsp3) is 0.286. The predicted octanol–water partition coefficient (Wildman–Crippen LogP) is 6.90. The van der Waals surface area contributed by atoms with E-state index in [1.807, 2.05) is 112 Å². The lowest BCUT2D eigenvalue weighted by atomic mass is 10.00. The first-order chi connectivity index (χ1) is 20.1.